The van der Waals surface area contributed by atoms with Crippen LogP contribution in [0.1, 0.15) is 13.3 Å². The summed E-state index contributed by atoms with van der Waals surface area (Å²) in [5.41, 5.74) is 0. The second-order valence-electron chi connectivity index (χ2n) is 7.79. The van der Waals surface area contributed by atoms with Gasteiger partial charge in [0.05, 0.1) is 6.04 Å². The maximum absolute atomic E-state index is 13.3. The molecule has 10 heteroatoms. The topological polar surface area (TPSA) is 88.6 Å². The second kappa shape index (κ2) is 9.23. The summed E-state index contributed by atoms with van der Waals surface area (Å²) in [7, 11) is 4.05. The lowest BCUT2D eigenvalue weighted by Crippen LogP contribution is -2.56. The molecule has 0 bridgehead atoms. The summed E-state index contributed by atoms with van der Waals surface area (Å²) in [6.45, 7) is 7.46. The summed E-state index contributed by atoms with van der Waals surface area (Å²) in [6, 6.07) is -0.144. The molecule has 0 spiro atoms. The number of hydrogen-bond acceptors (Lipinski definition) is 7. The molecule has 3 amide bonds. The summed E-state index contributed by atoms with van der Waals surface area (Å²) < 4.78 is 0. The van der Waals surface area contributed by atoms with Crippen LogP contribution in [0, 0.1) is 0 Å². The van der Waals surface area contributed by atoms with Crippen LogP contribution in [-0.4, -0.2) is 120 Å². The van der Waals surface area contributed by atoms with Crippen molar-refractivity contribution < 1.29 is 14.4 Å². The molecule has 0 aromatic heterocycles. The first kappa shape index (κ1) is 21.1. The van der Waals surface area contributed by atoms with Crippen LogP contribution in [0.25, 0.3) is 0 Å². The molecule has 156 valence electrons. The van der Waals surface area contributed by atoms with Crippen molar-refractivity contribution in [2.24, 2.45) is 4.99 Å². The highest BCUT2D eigenvalue weighted by molar-refractivity contribution is 8.15. The standard InChI is InChI=1S/C18H30N6O3S/c1-13-12-14(25)20-18(19-13)28-15(16(26)23-8-4-21(2)5-9-23)17(27)24-10-6-22(3)7-11-24/h13,15H,4-12H2,1-3H3,(H,19,20,25). The zero-order chi connectivity index (χ0) is 20.3. The molecule has 3 aliphatic rings. The summed E-state index contributed by atoms with van der Waals surface area (Å²) >= 11 is 1.09. The van der Waals surface area contributed by atoms with Gasteiger partial charge in [-0.2, -0.15) is 0 Å². The minimum Gasteiger partial charge on any atom is -0.339 e. The van der Waals surface area contributed by atoms with Crippen LogP contribution in [0.5, 0.6) is 0 Å². The average molecular weight is 411 g/mol. The third kappa shape index (κ3) is 5.24. The van der Waals surface area contributed by atoms with E-state index >= 15 is 0 Å². The Morgan fingerprint density at radius 1 is 0.964 bits per heavy atom. The van der Waals surface area contributed by atoms with E-state index in [1.54, 1.807) is 9.80 Å². The summed E-state index contributed by atoms with van der Waals surface area (Å²) in [6.07, 6.45) is 0.327. The van der Waals surface area contributed by atoms with Gasteiger partial charge in [-0.15, -0.1) is 0 Å². The number of rotatable bonds is 3. The van der Waals surface area contributed by atoms with Crippen molar-refractivity contribution in [1.82, 2.24) is 24.9 Å². The fourth-order valence-corrected chi connectivity index (χ4v) is 4.62. The van der Waals surface area contributed by atoms with Gasteiger partial charge in [-0.3, -0.25) is 19.4 Å². The van der Waals surface area contributed by atoms with Crippen LogP contribution in [-0.2, 0) is 14.4 Å². The predicted octanol–water partition coefficient (Wildman–Crippen LogP) is -1.10. The zero-order valence-electron chi connectivity index (χ0n) is 16.9. The number of hydrogen-bond donors (Lipinski definition) is 1. The molecule has 28 heavy (non-hydrogen) atoms. The van der Waals surface area contributed by atoms with E-state index in [4.69, 9.17) is 0 Å². The van der Waals surface area contributed by atoms with E-state index < -0.39 is 5.25 Å². The maximum Gasteiger partial charge on any atom is 0.245 e. The molecule has 3 heterocycles. The Balaban J connectivity index is 1.76. The molecular formula is C18H30N6O3S. The largest absolute Gasteiger partial charge is 0.339 e. The molecule has 2 saturated heterocycles. The lowest BCUT2D eigenvalue weighted by molar-refractivity contribution is -0.141. The maximum atomic E-state index is 13.3. The quantitative estimate of drug-likeness (QED) is 0.595. The molecule has 0 aromatic rings. The van der Waals surface area contributed by atoms with Crippen molar-refractivity contribution in [3.8, 4) is 0 Å². The van der Waals surface area contributed by atoms with Gasteiger partial charge in [0.25, 0.3) is 0 Å². The highest BCUT2D eigenvalue weighted by Gasteiger charge is 2.38. The number of nitrogens with one attached hydrogen (secondary N) is 1. The molecule has 0 aromatic carbocycles. The predicted molar refractivity (Wildman–Crippen MR) is 109 cm³/mol. The first-order valence-electron chi connectivity index (χ1n) is 9.82. The smallest absolute Gasteiger partial charge is 0.245 e. The Morgan fingerprint density at radius 2 is 1.43 bits per heavy atom. The fourth-order valence-electron chi connectivity index (χ4n) is 3.48. The Labute approximate surface area is 170 Å². The first-order valence-corrected chi connectivity index (χ1v) is 10.7. The number of aliphatic imine (C=N–C) groups is 1. The lowest BCUT2D eigenvalue weighted by atomic mass is 10.2. The zero-order valence-corrected chi connectivity index (χ0v) is 17.7. The van der Waals surface area contributed by atoms with Crippen molar-refractivity contribution >= 4 is 34.7 Å². The Bertz CT molecular complexity index is 607. The number of nitrogens with zero attached hydrogens (tertiary/aromatic N) is 5. The summed E-state index contributed by atoms with van der Waals surface area (Å²) in [5, 5.41) is 2.19. The number of amidine groups is 1. The van der Waals surface area contributed by atoms with Crippen LogP contribution < -0.4 is 5.32 Å². The van der Waals surface area contributed by atoms with Crippen molar-refractivity contribution in [1.29, 1.82) is 0 Å². The number of amides is 3. The van der Waals surface area contributed by atoms with E-state index in [-0.39, 0.29) is 23.8 Å². The fraction of sp³-hybridized carbons (Fsp3) is 0.778. The lowest BCUT2D eigenvalue weighted by Gasteiger charge is -2.37. The summed E-state index contributed by atoms with van der Waals surface area (Å²) in [5.74, 6) is -0.489. The minimum atomic E-state index is -0.906. The molecule has 1 N–H and O–H groups in total. The van der Waals surface area contributed by atoms with E-state index in [1.807, 2.05) is 21.0 Å². The van der Waals surface area contributed by atoms with Gasteiger partial charge in [-0.25, -0.2) is 0 Å². The van der Waals surface area contributed by atoms with Crippen molar-refractivity contribution in [2.45, 2.75) is 24.6 Å². The van der Waals surface area contributed by atoms with E-state index in [0.29, 0.717) is 37.8 Å². The summed E-state index contributed by atoms with van der Waals surface area (Å²) in [4.78, 5) is 50.7. The molecule has 0 aliphatic carbocycles. The molecule has 9 nitrogen and oxygen atoms in total. The van der Waals surface area contributed by atoms with Crippen molar-refractivity contribution in [2.75, 3.05) is 66.5 Å². The Hall–Kier alpha value is -1.65. The van der Waals surface area contributed by atoms with Gasteiger partial charge in [0, 0.05) is 58.8 Å². The number of carbonyl (C=O) groups excluding carboxylic acids is 3. The van der Waals surface area contributed by atoms with Crippen molar-refractivity contribution in [3.05, 3.63) is 0 Å². The molecule has 0 radical (unpaired) electrons. The Morgan fingerprint density at radius 3 is 1.86 bits per heavy atom. The SMILES string of the molecule is CC1CC(=O)NC(SC(C(=O)N2CCN(C)CC2)C(=O)N2CCN(C)CC2)=N1. The second-order valence-corrected chi connectivity index (χ2v) is 8.88. The van der Waals surface area contributed by atoms with E-state index in [9.17, 15) is 14.4 Å². The van der Waals surface area contributed by atoms with Crippen molar-refractivity contribution in [3.63, 3.8) is 0 Å². The third-order valence-corrected chi connectivity index (χ3v) is 6.44. The first-order chi connectivity index (χ1) is 13.3. The van der Waals surface area contributed by atoms with Gasteiger partial charge in [0.15, 0.2) is 10.4 Å². The molecule has 3 aliphatic heterocycles. The molecular weight excluding hydrogens is 380 g/mol. The third-order valence-electron chi connectivity index (χ3n) is 5.37. The minimum absolute atomic E-state index is 0.122. The van der Waals surface area contributed by atoms with Gasteiger partial charge in [0.1, 0.15) is 0 Å². The van der Waals surface area contributed by atoms with Gasteiger partial charge in [0.2, 0.25) is 17.7 Å². The van der Waals surface area contributed by atoms with Gasteiger partial charge >= 0.3 is 0 Å². The normalized spacial score (nSPS) is 24.9. The molecule has 2 fully saturated rings. The number of carbonyl (C=O) groups is 3. The number of piperazine rings is 2. The molecule has 1 atom stereocenters. The van der Waals surface area contributed by atoms with Crippen LogP contribution in [0.15, 0.2) is 4.99 Å². The van der Waals surface area contributed by atoms with Gasteiger partial charge in [-0.1, -0.05) is 11.8 Å². The van der Waals surface area contributed by atoms with Gasteiger partial charge < -0.3 is 24.9 Å². The van der Waals surface area contributed by atoms with Crippen LogP contribution in [0.3, 0.4) is 0 Å². The monoisotopic (exact) mass is 410 g/mol. The Kier molecular flexibility index (Phi) is 6.95. The van der Waals surface area contributed by atoms with E-state index in [1.165, 1.54) is 0 Å². The molecule has 0 saturated carbocycles. The van der Waals surface area contributed by atoms with Crippen LogP contribution in [0.2, 0.25) is 0 Å². The highest BCUT2D eigenvalue weighted by atomic mass is 32.2. The van der Waals surface area contributed by atoms with Crippen LogP contribution >= 0.6 is 11.8 Å². The molecule has 1 unspecified atom stereocenters. The number of likely N-dealkylation sites (N-methyl/N-ethyl adjacent to an activating group) is 2. The molecule has 3 rings (SSSR count). The van der Waals surface area contributed by atoms with E-state index in [2.05, 4.69) is 20.1 Å². The number of thioether (sulfide) groups is 1. The van der Waals surface area contributed by atoms with E-state index in [0.717, 1.165) is 37.9 Å². The highest BCUT2D eigenvalue weighted by Crippen LogP contribution is 2.22. The van der Waals surface area contributed by atoms with Crippen LogP contribution in [0.4, 0.5) is 0 Å². The van der Waals surface area contributed by atoms with Gasteiger partial charge in [-0.05, 0) is 21.0 Å². The average Bonchev–Trinajstić information content (AvgIpc) is 2.65.